The molecule has 0 aliphatic rings. The number of unbranched alkanes of at least 4 members (excludes halogenated alkanes) is 1. The van der Waals surface area contributed by atoms with Crippen LogP contribution in [0.5, 0.6) is 0 Å². The summed E-state index contributed by atoms with van der Waals surface area (Å²) in [6.45, 7) is 6.18. The van der Waals surface area contributed by atoms with Crippen LogP contribution in [0.25, 0.3) is 0 Å². The van der Waals surface area contributed by atoms with Crippen molar-refractivity contribution in [1.29, 1.82) is 0 Å². The minimum absolute atomic E-state index is 0.0700. The van der Waals surface area contributed by atoms with Crippen molar-refractivity contribution in [3.05, 3.63) is 96.7 Å². The van der Waals surface area contributed by atoms with Gasteiger partial charge in [0, 0.05) is 18.0 Å². The van der Waals surface area contributed by atoms with E-state index >= 15 is 0 Å². The average Bonchev–Trinajstić information content (AvgIpc) is 2.86. The van der Waals surface area contributed by atoms with Crippen molar-refractivity contribution >= 4 is 52.3 Å². The third-order valence-electron chi connectivity index (χ3n) is 4.21. The van der Waals surface area contributed by atoms with Gasteiger partial charge in [0.05, 0.1) is 13.6 Å². The summed E-state index contributed by atoms with van der Waals surface area (Å²) in [5, 5.41) is 0. The molecule has 0 saturated heterocycles. The second-order valence-electron chi connectivity index (χ2n) is 6.71. The first kappa shape index (κ1) is 34.4. The quantitative estimate of drug-likeness (QED) is 0.111. The smallest absolute Gasteiger partial charge is 0.117 e. The zero-order valence-electron chi connectivity index (χ0n) is 20.5. The first-order valence-electron chi connectivity index (χ1n) is 11.4. The zero-order chi connectivity index (χ0) is 25.4. The molecule has 0 aliphatic carbocycles. The Labute approximate surface area is 220 Å². The molecule has 8 atom stereocenters. The van der Waals surface area contributed by atoms with Crippen LogP contribution in [-0.2, 0) is 13.6 Å². The zero-order valence-corrected chi connectivity index (χ0v) is 27.0. The van der Waals surface area contributed by atoms with Crippen LogP contribution in [0.2, 0.25) is 0 Å². The molecule has 1 aromatic rings. The number of hydrogen-bond acceptors (Lipinski definition) is 3. The summed E-state index contributed by atoms with van der Waals surface area (Å²) in [7, 11) is 10.0. The van der Waals surface area contributed by atoms with E-state index in [1.807, 2.05) is 74.6 Å². The van der Waals surface area contributed by atoms with Gasteiger partial charge in [-0.2, -0.15) is 0 Å². The average molecular weight is 576 g/mol. The molecular weight excluding hydrogens is 534 g/mol. The van der Waals surface area contributed by atoms with Crippen LogP contribution in [0.4, 0.5) is 0 Å². The highest BCUT2D eigenvalue weighted by atomic mass is 32.4. The molecule has 0 bridgehead atoms. The van der Waals surface area contributed by atoms with Gasteiger partial charge in [-0.1, -0.05) is 145 Å². The minimum Gasteiger partial charge on any atom is -0.358 e. The first-order valence-corrected chi connectivity index (χ1v) is 19.1. The number of hydrogen-bond donors (Lipinski definition) is 0. The van der Waals surface area contributed by atoms with E-state index in [9.17, 15) is 0 Å². The lowest BCUT2D eigenvalue weighted by Gasteiger charge is -2.26. The molecule has 0 N–H and O–H groups in total. The van der Waals surface area contributed by atoms with E-state index in [0.717, 1.165) is 18.4 Å². The lowest BCUT2D eigenvalue weighted by atomic mass is 10.0. The van der Waals surface area contributed by atoms with E-state index in [4.69, 9.17) is 13.6 Å². The predicted molar refractivity (Wildman–Crippen MR) is 171 cm³/mol. The highest BCUT2D eigenvalue weighted by molar-refractivity contribution is 8.41. The van der Waals surface area contributed by atoms with Gasteiger partial charge in [0.2, 0.25) is 0 Å². The number of rotatable bonds is 16. The van der Waals surface area contributed by atoms with Gasteiger partial charge in [-0.15, -0.1) is 0 Å². The van der Waals surface area contributed by atoms with Gasteiger partial charge in [0.25, 0.3) is 0 Å². The maximum atomic E-state index is 6.14. The van der Waals surface area contributed by atoms with Crippen molar-refractivity contribution in [2.24, 2.45) is 0 Å². The predicted octanol–water partition coefficient (Wildman–Crippen LogP) is 9.66. The van der Waals surface area contributed by atoms with Crippen LogP contribution in [0, 0.1) is 0 Å². The molecule has 0 spiro atoms. The van der Waals surface area contributed by atoms with Gasteiger partial charge in [0.15, 0.2) is 0 Å². The molecule has 8 unspecified atom stereocenters. The molecule has 9 heteroatoms. The van der Waals surface area contributed by atoms with E-state index in [-0.39, 0.29) is 18.3 Å². The first-order chi connectivity index (χ1) is 16.6. The molecule has 0 aliphatic heterocycles. The molecule has 0 amide bonds. The Balaban J connectivity index is 0.00000529. The summed E-state index contributed by atoms with van der Waals surface area (Å²) in [6.07, 6.45) is 23.4. The Kier molecular flexibility index (Phi) is 25.3. The lowest BCUT2D eigenvalue weighted by Crippen LogP contribution is -2.18. The SMILES string of the molecule is CC.CCCC=CCC(C=CC=CC=CC=CC(OP(P)P)C(OPP)c1ccccc1)OP. The van der Waals surface area contributed by atoms with E-state index in [2.05, 4.69) is 73.5 Å². The molecule has 1 rings (SSSR count). The molecule has 3 nitrogen and oxygen atoms in total. The van der Waals surface area contributed by atoms with Crippen molar-refractivity contribution in [1.82, 2.24) is 0 Å². The van der Waals surface area contributed by atoms with Crippen molar-refractivity contribution in [3.63, 3.8) is 0 Å². The Hall–Kier alpha value is 0.380. The van der Waals surface area contributed by atoms with Crippen LogP contribution >= 0.6 is 52.3 Å². The Morgan fingerprint density at radius 3 is 2.12 bits per heavy atom. The van der Waals surface area contributed by atoms with E-state index in [0.29, 0.717) is 8.50 Å². The highest BCUT2D eigenvalue weighted by Gasteiger charge is 2.23. The van der Waals surface area contributed by atoms with Gasteiger partial charge < -0.3 is 13.6 Å². The fourth-order valence-corrected chi connectivity index (χ4v) is 5.05. The summed E-state index contributed by atoms with van der Waals surface area (Å²) in [5.41, 5.74) is 1.10. The fraction of sp³-hybridized carbons (Fsp3) is 0.360. The largest absolute Gasteiger partial charge is 0.358 e. The molecule has 190 valence electrons. The summed E-state index contributed by atoms with van der Waals surface area (Å²) in [5.74, 6) is 0. The van der Waals surface area contributed by atoms with Crippen molar-refractivity contribution in [2.75, 3.05) is 0 Å². The van der Waals surface area contributed by atoms with Crippen LogP contribution in [-0.4, -0.2) is 12.2 Å². The van der Waals surface area contributed by atoms with E-state index < -0.39 is 7.53 Å². The number of benzene rings is 1. The fourth-order valence-electron chi connectivity index (χ4n) is 2.69. The van der Waals surface area contributed by atoms with Crippen molar-refractivity contribution < 1.29 is 13.6 Å². The Morgan fingerprint density at radius 2 is 1.56 bits per heavy atom. The topological polar surface area (TPSA) is 27.7 Å². The lowest BCUT2D eigenvalue weighted by molar-refractivity contribution is 0.112. The summed E-state index contributed by atoms with van der Waals surface area (Å²) in [6, 6.07) is 10.2. The molecule has 1 aromatic carbocycles. The maximum absolute atomic E-state index is 6.14. The molecule has 0 heterocycles. The van der Waals surface area contributed by atoms with Gasteiger partial charge in [-0.25, -0.2) is 0 Å². The molecule has 0 aromatic heterocycles. The van der Waals surface area contributed by atoms with Crippen LogP contribution in [0.1, 0.15) is 51.7 Å². The Morgan fingerprint density at radius 1 is 0.941 bits per heavy atom. The second kappa shape index (κ2) is 25.0. The minimum atomic E-state index is -0.688. The second-order valence-corrected chi connectivity index (χ2v) is 13.9. The summed E-state index contributed by atoms with van der Waals surface area (Å²) in [4.78, 5) is 0. The van der Waals surface area contributed by atoms with Gasteiger partial charge in [-0.05, 0) is 18.4 Å². The van der Waals surface area contributed by atoms with Crippen LogP contribution in [0.15, 0.2) is 91.1 Å². The summed E-state index contributed by atoms with van der Waals surface area (Å²) < 4.78 is 17.6. The van der Waals surface area contributed by atoms with E-state index in [1.54, 1.807) is 0 Å². The monoisotopic (exact) mass is 576 g/mol. The third kappa shape index (κ3) is 17.8. The van der Waals surface area contributed by atoms with Gasteiger partial charge in [-0.3, -0.25) is 0 Å². The normalized spacial score (nSPS) is 15.4. The van der Waals surface area contributed by atoms with Crippen molar-refractivity contribution in [3.8, 4) is 0 Å². The standard InChI is InChI=1S/C23H36O3P6.C2H6/c1-2-3-4-12-17-21(24-27)18-13-7-5-6-8-14-19-22(26-32(29)30)23(25-31-28)20-15-10-9-11-16-20;1-2/h4-16,18-19,21-23,31H,2-3,17,27-30H2,1H3;1-2H3. The number of allylic oxidation sites excluding steroid dienone is 7. The molecular formula is C25H42O3P6. The van der Waals surface area contributed by atoms with Crippen LogP contribution < -0.4 is 0 Å². The molecule has 34 heavy (non-hydrogen) atoms. The van der Waals surface area contributed by atoms with Gasteiger partial charge in [0.1, 0.15) is 12.2 Å². The summed E-state index contributed by atoms with van der Waals surface area (Å²) >= 11 is 0. The molecule has 0 fully saturated rings. The third-order valence-corrected chi connectivity index (χ3v) is 6.58. The maximum Gasteiger partial charge on any atom is 0.117 e. The Bertz CT molecular complexity index is 735. The highest BCUT2D eigenvalue weighted by Crippen LogP contribution is 2.56. The van der Waals surface area contributed by atoms with Gasteiger partial charge >= 0.3 is 0 Å². The molecule has 0 saturated carbocycles. The van der Waals surface area contributed by atoms with E-state index in [1.165, 1.54) is 6.42 Å². The van der Waals surface area contributed by atoms with Crippen LogP contribution in [0.3, 0.4) is 0 Å². The molecule has 0 radical (unpaired) electrons. The van der Waals surface area contributed by atoms with Crippen molar-refractivity contribution in [2.45, 2.75) is 58.3 Å².